The van der Waals surface area contributed by atoms with E-state index in [0.29, 0.717) is 6.42 Å². The first-order valence-corrected chi connectivity index (χ1v) is 6.54. The van der Waals surface area contributed by atoms with E-state index in [1.54, 1.807) is 23.5 Å². The highest BCUT2D eigenvalue weighted by Gasteiger charge is 2.11. The number of hydrogen-bond donors (Lipinski definition) is 1. The number of hydrogen-bond acceptors (Lipinski definition) is 4. The number of aryl methyl sites for hydroxylation is 1. The third-order valence-electron chi connectivity index (χ3n) is 2.90. The van der Waals surface area contributed by atoms with E-state index < -0.39 is 4.92 Å². The Hall–Kier alpha value is -1.72. The van der Waals surface area contributed by atoms with E-state index in [1.807, 2.05) is 6.92 Å². The first-order chi connectivity index (χ1) is 8.58. The number of benzene rings is 1. The van der Waals surface area contributed by atoms with Gasteiger partial charge in [0.05, 0.1) is 4.92 Å². The van der Waals surface area contributed by atoms with Gasteiger partial charge < -0.3 is 5.73 Å². The lowest BCUT2D eigenvalue weighted by atomic mass is 9.99. The second-order valence-corrected chi connectivity index (χ2v) is 4.99. The van der Waals surface area contributed by atoms with Crippen molar-refractivity contribution >= 4 is 17.0 Å². The molecule has 0 saturated heterocycles. The quantitative estimate of drug-likeness (QED) is 0.679. The van der Waals surface area contributed by atoms with Crippen LogP contribution in [-0.4, -0.2) is 4.92 Å². The number of nitro groups is 1. The van der Waals surface area contributed by atoms with Gasteiger partial charge in [-0.2, -0.15) is 11.3 Å². The number of nitro benzene ring substituents is 1. The van der Waals surface area contributed by atoms with Gasteiger partial charge in [0.15, 0.2) is 0 Å². The zero-order chi connectivity index (χ0) is 13.1. The third-order valence-corrected chi connectivity index (χ3v) is 3.78. The topological polar surface area (TPSA) is 69.2 Å². The van der Waals surface area contributed by atoms with Gasteiger partial charge in [0.25, 0.3) is 5.69 Å². The summed E-state index contributed by atoms with van der Waals surface area (Å²) in [6, 6.07) is 6.50. The summed E-state index contributed by atoms with van der Waals surface area (Å²) in [7, 11) is 0. The molecule has 2 aromatic rings. The lowest BCUT2D eigenvalue weighted by Crippen LogP contribution is -2.13. The Morgan fingerprint density at radius 2 is 2.00 bits per heavy atom. The van der Waals surface area contributed by atoms with Crippen LogP contribution in [0, 0.1) is 17.0 Å². The first-order valence-electron chi connectivity index (χ1n) is 5.59. The minimum Gasteiger partial charge on any atom is -0.324 e. The van der Waals surface area contributed by atoms with Gasteiger partial charge in [-0.05, 0) is 40.8 Å². The molecule has 0 aliphatic rings. The van der Waals surface area contributed by atoms with Crippen molar-refractivity contribution in [3.63, 3.8) is 0 Å². The molecule has 0 saturated carbocycles. The molecule has 0 radical (unpaired) electrons. The van der Waals surface area contributed by atoms with E-state index in [-0.39, 0.29) is 11.7 Å². The molecule has 1 aromatic heterocycles. The van der Waals surface area contributed by atoms with Gasteiger partial charge in [-0.25, -0.2) is 0 Å². The molecule has 0 aliphatic heterocycles. The highest BCUT2D eigenvalue weighted by molar-refractivity contribution is 7.08. The zero-order valence-corrected chi connectivity index (χ0v) is 10.8. The van der Waals surface area contributed by atoms with Crippen molar-refractivity contribution in [3.8, 4) is 0 Å². The number of non-ortho nitro benzene ring substituents is 1. The van der Waals surface area contributed by atoms with E-state index in [0.717, 1.165) is 11.1 Å². The van der Waals surface area contributed by atoms with Crippen LogP contribution in [0.1, 0.15) is 22.7 Å². The van der Waals surface area contributed by atoms with Crippen LogP contribution in [0.25, 0.3) is 0 Å². The molecule has 0 spiro atoms. The normalized spacial score (nSPS) is 12.3. The maximum Gasteiger partial charge on any atom is 0.269 e. The average molecular weight is 262 g/mol. The standard InChI is InChI=1S/C13H14N2O2S/c1-9-7-18-8-12(9)13(14)6-10-2-4-11(5-3-10)15(16)17/h2-5,7-8,13H,6,14H2,1H3. The Morgan fingerprint density at radius 3 is 2.50 bits per heavy atom. The van der Waals surface area contributed by atoms with Crippen LogP contribution in [0.5, 0.6) is 0 Å². The lowest BCUT2D eigenvalue weighted by Gasteiger charge is -2.11. The van der Waals surface area contributed by atoms with Gasteiger partial charge in [0, 0.05) is 18.2 Å². The van der Waals surface area contributed by atoms with E-state index in [9.17, 15) is 10.1 Å². The van der Waals surface area contributed by atoms with Crippen LogP contribution in [0.2, 0.25) is 0 Å². The Morgan fingerprint density at radius 1 is 1.33 bits per heavy atom. The Bertz CT molecular complexity index is 548. The average Bonchev–Trinajstić information content (AvgIpc) is 2.76. The van der Waals surface area contributed by atoms with Gasteiger partial charge in [-0.3, -0.25) is 10.1 Å². The smallest absolute Gasteiger partial charge is 0.269 e. The van der Waals surface area contributed by atoms with Gasteiger partial charge in [-0.15, -0.1) is 0 Å². The molecule has 2 rings (SSSR count). The molecule has 0 bridgehead atoms. The van der Waals surface area contributed by atoms with Crippen LogP contribution in [-0.2, 0) is 6.42 Å². The molecule has 1 heterocycles. The summed E-state index contributed by atoms with van der Waals surface area (Å²) in [4.78, 5) is 10.2. The van der Waals surface area contributed by atoms with E-state index in [1.165, 1.54) is 17.7 Å². The Kier molecular flexibility index (Phi) is 3.74. The Labute approximate surface area is 109 Å². The molecule has 4 nitrogen and oxygen atoms in total. The van der Waals surface area contributed by atoms with E-state index in [2.05, 4.69) is 10.8 Å². The molecule has 18 heavy (non-hydrogen) atoms. The van der Waals surface area contributed by atoms with Crippen LogP contribution < -0.4 is 5.73 Å². The summed E-state index contributed by atoms with van der Waals surface area (Å²) in [5.74, 6) is 0. The predicted molar refractivity (Wildman–Crippen MR) is 72.8 cm³/mol. The molecular weight excluding hydrogens is 248 g/mol. The minimum absolute atomic E-state index is 0.0577. The van der Waals surface area contributed by atoms with E-state index in [4.69, 9.17) is 5.73 Å². The fourth-order valence-corrected chi connectivity index (χ4v) is 2.78. The zero-order valence-electron chi connectivity index (χ0n) is 10.00. The van der Waals surface area contributed by atoms with Crippen molar-refractivity contribution < 1.29 is 4.92 Å². The van der Waals surface area contributed by atoms with Crippen LogP contribution in [0.15, 0.2) is 35.0 Å². The second-order valence-electron chi connectivity index (χ2n) is 4.24. The van der Waals surface area contributed by atoms with E-state index >= 15 is 0 Å². The summed E-state index contributed by atoms with van der Waals surface area (Å²) in [5, 5.41) is 14.7. The number of nitrogens with zero attached hydrogens (tertiary/aromatic N) is 1. The molecule has 0 amide bonds. The third kappa shape index (κ3) is 2.75. The van der Waals surface area contributed by atoms with Gasteiger partial charge in [0.2, 0.25) is 0 Å². The molecule has 2 N–H and O–H groups in total. The predicted octanol–water partition coefficient (Wildman–Crippen LogP) is 3.21. The molecular formula is C13H14N2O2S. The summed E-state index contributed by atoms with van der Waals surface area (Å²) in [6.07, 6.45) is 0.690. The van der Waals surface area contributed by atoms with Crippen molar-refractivity contribution in [2.24, 2.45) is 5.73 Å². The maximum absolute atomic E-state index is 10.5. The summed E-state index contributed by atoms with van der Waals surface area (Å²) < 4.78 is 0. The van der Waals surface area contributed by atoms with Crippen molar-refractivity contribution in [1.29, 1.82) is 0 Å². The highest BCUT2D eigenvalue weighted by atomic mass is 32.1. The SMILES string of the molecule is Cc1cscc1C(N)Cc1ccc([N+](=O)[O-])cc1. The van der Waals surface area contributed by atoms with Crippen molar-refractivity contribution in [3.05, 3.63) is 61.8 Å². The molecule has 94 valence electrons. The van der Waals surface area contributed by atoms with Crippen LogP contribution in [0.4, 0.5) is 5.69 Å². The number of nitrogens with two attached hydrogens (primary N) is 1. The molecule has 1 aromatic carbocycles. The fraction of sp³-hybridized carbons (Fsp3) is 0.231. The number of thiophene rings is 1. The summed E-state index contributed by atoms with van der Waals surface area (Å²) in [5.41, 5.74) is 9.62. The molecule has 1 unspecified atom stereocenters. The fourth-order valence-electron chi connectivity index (χ4n) is 1.87. The van der Waals surface area contributed by atoms with Gasteiger partial charge >= 0.3 is 0 Å². The monoisotopic (exact) mass is 262 g/mol. The largest absolute Gasteiger partial charge is 0.324 e. The molecule has 0 fully saturated rings. The van der Waals surface area contributed by atoms with Crippen molar-refractivity contribution in [2.45, 2.75) is 19.4 Å². The molecule has 1 atom stereocenters. The second kappa shape index (κ2) is 5.29. The lowest BCUT2D eigenvalue weighted by molar-refractivity contribution is -0.384. The van der Waals surface area contributed by atoms with Crippen molar-refractivity contribution in [2.75, 3.05) is 0 Å². The van der Waals surface area contributed by atoms with Gasteiger partial charge in [-0.1, -0.05) is 12.1 Å². The van der Waals surface area contributed by atoms with Gasteiger partial charge in [0.1, 0.15) is 0 Å². The van der Waals surface area contributed by atoms with Crippen LogP contribution in [0.3, 0.4) is 0 Å². The molecule has 5 heteroatoms. The summed E-state index contributed by atoms with van der Waals surface area (Å²) >= 11 is 1.64. The van der Waals surface area contributed by atoms with Crippen molar-refractivity contribution in [1.82, 2.24) is 0 Å². The van der Waals surface area contributed by atoms with Crippen LogP contribution >= 0.6 is 11.3 Å². The summed E-state index contributed by atoms with van der Waals surface area (Å²) in [6.45, 7) is 2.04. The minimum atomic E-state index is -0.396. The maximum atomic E-state index is 10.5. The molecule has 0 aliphatic carbocycles. The Balaban J connectivity index is 2.10. The number of rotatable bonds is 4. The highest BCUT2D eigenvalue weighted by Crippen LogP contribution is 2.23. The first kappa shape index (κ1) is 12.7.